The number of benzene rings is 2. The highest BCUT2D eigenvalue weighted by molar-refractivity contribution is 6.12. The molecular formula is C17H13FN4O3. The number of tetrazole rings is 1. The van der Waals surface area contributed by atoms with Crippen LogP contribution in [0.2, 0.25) is 0 Å². The molecule has 126 valence electrons. The molecule has 0 saturated carbocycles. The lowest BCUT2D eigenvalue weighted by Gasteiger charge is -2.07. The largest absolute Gasteiger partial charge is 0.489 e. The van der Waals surface area contributed by atoms with E-state index >= 15 is 0 Å². The zero-order chi connectivity index (χ0) is 17.6. The van der Waals surface area contributed by atoms with Crippen molar-refractivity contribution in [2.24, 2.45) is 0 Å². The van der Waals surface area contributed by atoms with Gasteiger partial charge in [-0.05, 0) is 47.2 Å². The number of Topliss-reactive ketones (excluding diaryl/α,β-unsaturated/α-hetero) is 2. The van der Waals surface area contributed by atoms with E-state index in [4.69, 9.17) is 4.74 Å². The number of halogens is 1. The molecule has 1 heterocycles. The summed E-state index contributed by atoms with van der Waals surface area (Å²) in [7, 11) is 0. The SMILES string of the molecule is O=C(CC(=O)c1nn[nH]n1)c1ccc(OCc2ccc(F)cc2)cc1. The Morgan fingerprint density at radius 1 is 1.00 bits per heavy atom. The highest BCUT2D eigenvalue weighted by atomic mass is 19.1. The third-order valence-electron chi connectivity index (χ3n) is 3.41. The molecule has 7 nitrogen and oxygen atoms in total. The second-order valence-corrected chi connectivity index (χ2v) is 5.20. The Hall–Kier alpha value is -3.42. The van der Waals surface area contributed by atoms with E-state index in [1.807, 2.05) is 0 Å². The fourth-order valence-corrected chi connectivity index (χ4v) is 2.09. The van der Waals surface area contributed by atoms with Gasteiger partial charge in [0, 0.05) is 5.56 Å². The maximum atomic E-state index is 12.8. The van der Waals surface area contributed by atoms with Crippen molar-refractivity contribution in [3.8, 4) is 5.75 Å². The molecule has 0 atom stereocenters. The summed E-state index contributed by atoms with van der Waals surface area (Å²) in [5.74, 6) is -0.713. The first-order chi connectivity index (χ1) is 12.1. The predicted octanol–water partition coefficient (Wildman–Crippen LogP) is 2.37. The van der Waals surface area contributed by atoms with Crippen molar-refractivity contribution in [3.05, 3.63) is 71.3 Å². The standard InChI is InChI=1S/C17H13FN4O3/c18-13-5-1-11(2-6-13)10-25-14-7-3-12(4-8-14)15(23)9-16(24)17-19-21-22-20-17/h1-8H,9-10H2,(H,19,20,21,22). The summed E-state index contributed by atoms with van der Waals surface area (Å²) in [6.07, 6.45) is -0.338. The summed E-state index contributed by atoms with van der Waals surface area (Å²) < 4.78 is 18.4. The van der Waals surface area contributed by atoms with Gasteiger partial charge in [0.05, 0.1) is 6.42 Å². The van der Waals surface area contributed by atoms with Crippen molar-refractivity contribution >= 4 is 11.6 Å². The van der Waals surface area contributed by atoms with Crippen LogP contribution in [0.3, 0.4) is 0 Å². The van der Waals surface area contributed by atoms with Gasteiger partial charge in [-0.25, -0.2) is 4.39 Å². The van der Waals surface area contributed by atoms with E-state index in [1.54, 1.807) is 36.4 Å². The Labute approximate surface area is 141 Å². The van der Waals surface area contributed by atoms with Crippen LogP contribution in [0, 0.1) is 5.82 Å². The van der Waals surface area contributed by atoms with Crippen LogP contribution >= 0.6 is 0 Å². The van der Waals surface area contributed by atoms with Crippen molar-refractivity contribution in [2.75, 3.05) is 0 Å². The molecule has 0 aliphatic rings. The third-order valence-corrected chi connectivity index (χ3v) is 3.41. The lowest BCUT2D eigenvalue weighted by Crippen LogP contribution is -2.10. The monoisotopic (exact) mass is 340 g/mol. The summed E-state index contributed by atoms with van der Waals surface area (Å²) in [4.78, 5) is 23.9. The minimum absolute atomic E-state index is 0.118. The number of nitrogens with zero attached hydrogens (tertiary/aromatic N) is 3. The van der Waals surface area contributed by atoms with Gasteiger partial charge in [-0.3, -0.25) is 9.59 Å². The van der Waals surface area contributed by atoms with Crippen LogP contribution in [0.25, 0.3) is 0 Å². The van der Waals surface area contributed by atoms with E-state index < -0.39 is 5.78 Å². The first-order valence-electron chi connectivity index (χ1n) is 7.39. The quantitative estimate of drug-likeness (QED) is 0.524. The highest BCUT2D eigenvalue weighted by Crippen LogP contribution is 2.16. The van der Waals surface area contributed by atoms with Crippen LogP contribution in [0.1, 0.15) is 33.0 Å². The zero-order valence-electron chi connectivity index (χ0n) is 13.0. The Kier molecular flexibility index (Phi) is 4.89. The minimum atomic E-state index is -0.504. The molecule has 0 aliphatic carbocycles. The number of carbonyl (C=O) groups excluding carboxylic acids is 2. The Morgan fingerprint density at radius 2 is 1.72 bits per heavy atom. The molecule has 0 unspecified atom stereocenters. The van der Waals surface area contributed by atoms with E-state index in [2.05, 4.69) is 20.6 Å². The average Bonchev–Trinajstić information content (AvgIpc) is 3.16. The number of nitrogens with one attached hydrogen (secondary N) is 1. The second-order valence-electron chi connectivity index (χ2n) is 5.20. The lowest BCUT2D eigenvalue weighted by atomic mass is 10.1. The molecule has 25 heavy (non-hydrogen) atoms. The predicted molar refractivity (Wildman–Crippen MR) is 84.6 cm³/mol. The maximum Gasteiger partial charge on any atom is 0.240 e. The first kappa shape index (κ1) is 16.4. The summed E-state index contributed by atoms with van der Waals surface area (Å²) in [5.41, 5.74) is 1.21. The molecule has 0 saturated heterocycles. The van der Waals surface area contributed by atoms with E-state index in [1.165, 1.54) is 12.1 Å². The van der Waals surface area contributed by atoms with E-state index in [9.17, 15) is 14.0 Å². The van der Waals surface area contributed by atoms with Gasteiger partial charge in [0.25, 0.3) is 0 Å². The Bertz CT molecular complexity index is 862. The number of hydrogen-bond donors (Lipinski definition) is 1. The van der Waals surface area contributed by atoms with Gasteiger partial charge in [0.15, 0.2) is 5.78 Å². The molecule has 0 aliphatic heterocycles. The maximum absolute atomic E-state index is 12.8. The number of ether oxygens (including phenoxy) is 1. The van der Waals surface area contributed by atoms with Crippen LogP contribution in [0.4, 0.5) is 4.39 Å². The van der Waals surface area contributed by atoms with Gasteiger partial charge < -0.3 is 4.74 Å². The number of aromatic amines is 1. The average molecular weight is 340 g/mol. The highest BCUT2D eigenvalue weighted by Gasteiger charge is 2.17. The molecule has 3 aromatic rings. The van der Waals surface area contributed by atoms with Crippen molar-refractivity contribution in [2.45, 2.75) is 13.0 Å². The van der Waals surface area contributed by atoms with Crippen LogP contribution < -0.4 is 4.74 Å². The topological polar surface area (TPSA) is 97.8 Å². The van der Waals surface area contributed by atoms with Gasteiger partial charge in [-0.15, -0.1) is 10.2 Å². The zero-order valence-corrected chi connectivity index (χ0v) is 13.0. The normalized spacial score (nSPS) is 10.4. The van der Waals surface area contributed by atoms with Gasteiger partial charge in [-0.1, -0.05) is 12.1 Å². The first-order valence-corrected chi connectivity index (χ1v) is 7.39. The molecule has 0 spiro atoms. The fourth-order valence-electron chi connectivity index (χ4n) is 2.09. The van der Waals surface area contributed by atoms with Crippen molar-refractivity contribution < 1.29 is 18.7 Å². The molecule has 3 rings (SSSR count). The van der Waals surface area contributed by atoms with E-state index in [0.29, 0.717) is 11.3 Å². The number of carbonyl (C=O) groups is 2. The molecule has 0 bridgehead atoms. The minimum Gasteiger partial charge on any atom is -0.489 e. The molecule has 8 heteroatoms. The molecule has 1 aromatic heterocycles. The molecule has 0 fully saturated rings. The van der Waals surface area contributed by atoms with E-state index in [0.717, 1.165) is 5.56 Å². The summed E-state index contributed by atoms with van der Waals surface area (Å²) in [5, 5.41) is 12.5. The number of hydrogen-bond acceptors (Lipinski definition) is 6. The van der Waals surface area contributed by atoms with Crippen LogP contribution in [0.5, 0.6) is 5.75 Å². The van der Waals surface area contributed by atoms with Gasteiger partial charge in [0.2, 0.25) is 11.6 Å². The van der Waals surface area contributed by atoms with Crippen LogP contribution in [-0.2, 0) is 6.61 Å². The molecule has 1 N–H and O–H groups in total. The van der Waals surface area contributed by atoms with Crippen molar-refractivity contribution in [1.82, 2.24) is 20.6 Å². The Balaban J connectivity index is 1.57. The van der Waals surface area contributed by atoms with Crippen LogP contribution in [0.15, 0.2) is 48.5 Å². The molecule has 2 aromatic carbocycles. The van der Waals surface area contributed by atoms with E-state index in [-0.39, 0.29) is 30.5 Å². The summed E-state index contributed by atoms with van der Waals surface area (Å²) in [6, 6.07) is 12.4. The fraction of sp³-hybridized carbons (Fsp3) is 0.118. The van der Waals surface area contributed by atoms with Crippen molar-refractivity contribution in [3.63, 3.8) is 0 Å². The van der Waals surface area contributed by atoms with Gasteiger partial charge in [0.1, 0.15) is 18.2 Å². The van der Waals surface area contributed by atoms with Crippen molar-refractivity contribution in [1.29, 1.82) is 0 Å². The van der Waals surface area contributed by atoms with Crippen LogP contribution in [-0.4, -0.2) is 32.2 Å². The third kappa shape index (κ3) is 4.31. The number of H-pyrrole nitrogens is 1. The molecule has 0 radical (unpaired) electrons. The number of ketones is 2. The lowest BCUT2D eigenvalue weighted by molar-refractivity contribution is 0.0888. The second kappa shape index (κ2) is 7.43. The number of rotatable bonds is 7. The molecular weight excluding hydrogens is 327 g/mol. The Morgan fingerprint density at radius 3 is 2.36 bits per heavy atom. The van der Waals surface area contributed by atoms with Gasteiger partial charge in [-0.2, -0.15) is 5.21 Å². The number of aromatic nitrogens is 4. The van der Waals surface area contributed by atoms with Gasteiger partial charge >= 0.3 is 0 Å². The summed E-state index contributed by atoms with van der Waals surface area (Å²) in [6.45, 7) is 0.282. The smallest absolute Gasteiger partial charge is 0.240 e. The summed E-state index contributed by atoms with van der Waals surface area (Å²) >= 11 is 0. The molecule has 0 amide bonds.